The van der Waals surface area contributed by atoms with E-state index in [2.05, 4.69) is 66.0 Å². The van der Waals surface area contributed by atoms with Gasteiger partial charge in [0.05, 0.1) is 6.04 Å². The van der Waals surface area contributed by atoms with Crippen molar-refractivity contribution >= 4 is 5.91 Å². The molecule has 148 valence electrons. The fourth-order valence-electron chi connectivity index (χ4n) is 3.64. The highest BCUT2D eigenvalue weighted by Crippen LogP contribution is 2.26. The molecule has 0 aliphatic heterocycles. The van der Waals surface area contributed by atoms with Crippen molar-refractivity contribution in [1.82, 2.24) is 5.32 Å². The Hall–Kier alpha value is -3.65. The minimum Gasteiger partial charge on any atom is -0.345 e. The smallest absolute Gasteiger partial charge is 0.221 e. The second-order valence-electron chi connectivity index (χ2n) is 7.38. The van der Waals surface area contributed by atoms with E-state index in [0.29, 0.717) is 6.42 Å². The number of hydrogen-bond donors (Lipinski definition) is 1. The van der Waals surface area contributed by atoms with Crippen LogP contribution >= 0.6 is 0 Å². The molecule has 0 heterocycles. The van der Waals surface area contributed by atoms with E-state index in [1.807, 2.05) is 54.6 Å². The Labute approximate surface area is 178 Å². The van der Waals surface area contributed by atoms with E-state index in [0.717, 1.165) is 17.5 Å². The lowest BCUT2D eigenvalue weighted by Crippen LogP contribution is -2.29. The molecule has 4 aromatic carbocycles. The first-order valence-corrected chi connectivity index (χ1v) is 10.3. The van der Waals surface area contributed by atoms with Gasteiger partial charge in [0, 0.05) is 6.42 Å². The van der Waals surface area contributed by atoms with Gasteiger partial charge in [0.2, 0.25) is 5.91 Å². The molecular weight excluding hydrogens is 366 g/mol. The van der Waals surface area contributed by atoms with Crippen molar-refractivity contribution in [2.75, 3.05) is 0 Å². The summed E-state index contributed by atoms with van der Waals surface area (Å²) in [7, 11) is 0. The highest BCUT2D eigenvalue weighted by atomic mass is 16.1. The molecule has 30 heavy (non-hydrogen) atoms. The molecule has 0 aromatic heterocycles. The molecule has 2 heteroatoms. The third-order valence-electron chi connectivity index (χ3n) is 5.27. The van der Waals surface area contributed by atoms with E-state index < -0.39 is 0 Å². The van der Waals surface area contributed by atoms with Crippen molar-refractivity contribution < 1.29 is 4.79 Å². The van der Waals surface area contributed by atoms with Gasteiger partial charge in [-0.05, 0) is 34.2 Å². The number of carbonyl (C=O) groups is 1. The summed E-state index contributed by atoms with van der Waals surface area (Å²) in [5.41, 5.74) is 5.69. The Morgan fingerprint density at radius 2 is 1.10 bits per heavy atom. The Morgan fingerprint density at radius 3 is 1.73 bits per heavy atom. The van der Waals surface area contributed by atoms with E-state index in [-0.39, 0.29) is 11.9 Å². The molecule has 1 N–H and O–H groups in total. The summed E-state index contributed by atoms with van der Waals surface area (Å²) in [5.74, 6) is 0.0554. The predicted molar refractivity (Wildman–Crippen MR) is 123 cm³/mol. The first-order chi connectivity index (χ1) is 14.8. The average molecular weight is 392 g/mol. The zero-order valence-corrected chi connectivity index (χ0v) is 16.9. The lowest BCUT2D eigenvalue weighted by Gasteiger charge is -2.20. The largest absolute Gasteiger partial charge is 0.345 e. The summed E-state index contributed by atoms with van der Waals surface area (Å²) in [6.07, 6.45) is 1.20. The molecule has 1 atom stereocenters. The van der Waals surface area contributed by atoms with Crippen LogP contribution < -0.4 is 5.32 Å². The maximum absolute atomic E-state index is 12.8. The monoisotopic (exact) mass is 391 g/mol. The van der Waals surface area contributed by atoms with E-state index >= 15 is 0 Å². The molecule has 0 saturated carbocycles. The predicted octanol–water partition coefficient (Wildman–Crippen LogP) is 6.19. The van der Waals surface area contributed by atoms with Gasteiger partial charge < -0.3 is 5.32 Å². The van der Waals surface area contributed by atoms with Crippen LogP contribution in [0.3, 0.4) is 0 Å². The summed E-state index contributed by atoms with van der Waals surface area (Å²) < 4.78 is 0. The van der Waals surface area contributed by atoms with Crippen LogP contribution in [0.15, 0.2) is 115 Å². The molecule has 0 aliphatic rings. The molecule has 2 nitrogen and oxygen atoms in total. The van der Waals surface area contributed by atoms with Gasteiger partial charge in [-0.1, -0.05) is 115 Å². The minimum atomic E-state index is -0.167. The SMILES string of the molecule is O=C(CCc1ccccc1)NC(c1ccccc1)c1ccc(-c2ccccc2)cc1. The molecule has 0 bridgehead atoms. The third kappa shape index (κ3) is 5.03. The fraction of sp³-hybridized carbons (Fsp3) is 0.107. The maximum Gasteiger partial charge on any atom is 0.221 e. The Balaban J connectivity index is 1.52. The van der Waals surface area contributed by atoms with Crippen LogP contribution in [-0.4, -0.2) is 5.91 Å². The van der Waals surface area contributed by atoms with Gasteiger partial charge in [-0.2, -0.15) is 0 Å². The number of nitrogens with one attached hydrogen (secondary N) is 1. The van der Waals surface area contributed by atoms with Crippen molar-refractivity contribution in [3.8, 4) is 11.1 Å². The number of rotatable bonds is 7. The second kappa shape index (κ2) is 9.71. The molecule has 0 fully saturated rings. The van der Waals surface area contributed by atoms with Crippen LogP contribution in [0, 0.1) is 0 Å². The quantitative estimate of drug-likeness (QED) is 0.400. The van der Waals surface area contributed by atoms with Gasteiger partial charge in [-0.15, -0.1) is 0 Å². The highest BCUT2D eigenvalue weighted by molar-refractivity contribution is 5.77. The lowest BCUT2D eigenvalue weighted by atomic mass is 9.96. The molecule has 1 unspecified atom stereocenters. The van der Waals surface area contributed by atoms with E-state index in [9.17, 15) is 4.79 Å². The van der Waals surface area contributed by atoms with Gasteiger partial charge in [0.1, 0.15) is 0 Å². The highest BCUT2D eigenvalue weighted by Gasteiger charge is 2.17. The van der Waals surface area contributed by atoms with E-state index in [1.54, 1.807) is 0 Å². The van der Waals surface area contributed by atoms with Crippen molar-refractivity contribution in [1.29, 1.82) is 0 Å². The van der Waals surface area contributed by atoms with Crippen LogP contribution in [0.1, 0.15) is 29.2 Å². The molecule has 0 spiro atoms. The van der Waals surface area contributed by atoms with Crippen LogP contribution in [0.4, 0.5) is 0 Å². The number of carbonyl (C=O) groups excluding carboxylic acids is 1. The van der Waals surface area contributed by atoms with Crippen LogP contribution in [0.2, 0.25) is 0 Å². The molecule has 0 saturated heterocycles. The molecule has 0 aliphatic carbocycles. The van der Waals surface area contributed by atoms with E-state index in [1.165, 1.54) is 16.7 Å². The number of benzene rings is 4. The summed E-state index contributed by atoms with van der Waals surface area (Å²) in [6.45, 7) is 0. The Bertz CT molecular complexity index is 1060. The Morgan fingerprint density at radius 1 is 0.600 bits per heavy atom. The van der Waals surface area contributed by atoms with Crippen LogP contribution in [-0.2, 0) is 11.2 Å². The van der Waals surface area contributed by atoms with Crippen molar-refractivity contribution in [2.24, 2.45) is 0 Å². The molecule has 1 amide bonds. The second-order valence-corrected chi connectivity index (χ2v) is 7.38. The van der Waals surface area contributed by atoms with Crippen molar-refractivity contribution in [2.45, 2.75) is 18.9 Å². The molecule has 4 rings (SSSR count). The number of amides is 1. The summed E-state index contributed by atoms with van der Waals surface area (Å²) in [6, 6.07) is 38.9. The van der Waals surface area contributed by atoms with Crippen molar-refractivity contribution in [3.63, 3.8) is 0 Å². The van der Waals surface area contributed by atoms with Gasteiger partial charge in [0.25, 0.3) is 0 Å². The third-order valence-corrected chi connectivity index (χ3v) is 5.27. The lowest BCUT2D eigenvalue weighted by molar-refractivity contribution is -0.121. The van der Waals surface area contributed by atoms with E-state index in [4.69, 9.17) is 0 Å². The molecular formula is C28H25NO. The zero-order chi connectivity index (χ0) is 20.6. The molecule has 0 radical (unpaired) electrons. The topological polar surface area (TPSA) is 29.1 Å². The number of hydrogen-bond acceptors (Lipinski definition) is 1. The van der Waals surface area contributed by atoms with Gasteiger partial charge >= 0.3 is 0 Å². The van der Waals surface area contributed by atoms with Gasteiger partial charge in [0.15, 0.2) is 0 Å². The summed E-state index contributed by atoms with van der Waals surface area (Å²) >= 11 is 0. The summed E-state index contributed by atoms with van der Waals surface area (Å²) in [5, 5.41) is 3.24. The van der Waals surface area contributed by atoms with Gasteiger partial charge in [-0.3, -0.25) is 4.79 Å². The van der Waals surface area contributed by atoms with Crippen molar-refractivity contribution in [3.05, 3.63) is 132 Å². The maximum atomic E-state index is 12.8. The summed E-state index contributed by atoms with van der Waals surface area (Å²) in [4.78, 5) is 12.8. The zero-order valence-electron chi connectivity index (χ0n) is 16.9. The minimum absolute atomic E-state index is 0.0554. The van der Waals surface area contributed by atoms with Crippen LogP contribution in [0.25, 0.3) is 11.1 Å². The normalized spacial score (nSPS) is 11.6. The van der Waals surface area contributed by atoms with Crippen LogP contribution in [0.5, 0.6) is 0 Å². The first kappa shape index (κ1) is 19.7. The fourth-order valence-corrected chi connectivity index (χ4v) is 3.64. The number of aryl methyl sites for hydroxylation is 1. The standard InChI is InChI=1S/C28H25NO/c30-27(21-16-22-10-4-1-5-11-22)29-28(25-14-8-3-9-15-25)26-19-17-24(18-20-26)23-12-6-2-7-13-23/h1-15,17-20,28H,16,21H2,(H,29,30). The Kier molecular flexibility index (Phi) is 6.36. The first-order valence-electron chi connectivity index (χ1n) is 10.3. The van der Waals surface area contributed by atoms with Gasteiger partial charge in [-0.25, -0.2) is 0 Å². The molecule has 4 aromatic rings. The average Bonchev–Trinajstić information content (AvgIpc) is 2.83.